The maximum atomic E-state index is 2.46. The van der Waals surface area contributed by atoms with Crippen LogP contribution in [0.2, 0.25) is 0 Å². The summed E-state index contributed by atoms with van der Waals surface area (Å²) in [5.74, 6) is 0.882. The van der Waals surface area contributed by atoms with Gasteiger partial charge in [-0.15, -0.1) is 0 Å². The summed E-state index contributed by atoms with van der Waals surface area (Å²) >= 11 is 0. The van der Waals surface area contributed by atoms with E-state index in [1.54, 1.807) is 16.7 Å². The third kappa shape index (κ3) is 1.36. The van der Waals surface area contributed by atoms with Gasteiger partial charge in [0.25, 0.3) is 0 Å². The first-order valence-electron chi connectivity index (χ1n) is 6.97. The Balaban J connectivity index is 2.10. The van der Waals surface area contributed by atoms with Gasteiger partial charge >= 0.3 is 0 Å². The summed E-state index contributed by atoms with van der Waals surface area (Å²) in [6.45, 7) is 0. The highest BCUT2D eigenvalue weighted by Crippen LogP contribution is 2.43. The van der Waals surface area contributed by atoms with E-state index in [2.05, 4.69) is 30.3 Å². The van der Waals surface area contributed by atoms with Crippen LogP contribution in [0.15, 0.2) is 30.3 Å². The second-order valence-corrected chi connectivity index (χ2v) is 5.63. The van der Waals surface area contributed by atoms with Crippen molar-refractivity contribution in [1.29, 1.82) is 0 Å². The maximum absolute atomic E-state index is 2.46. The molecule has 0 saturated carbocycles. The van der Waals surface area contributed by atoms with Gasteiger partial charge < -0.3 is 0 Å². The highest BCUT2D eigenvalue weighted by molar-refractivity contribution is 5.88. The molecule has 0 heteroatoms. The van der Waals surface area contributed by atoms with E-state index in [1.807, 2.05) is 0 Å². The minimum absolute atomic E-state index is 0.882. The molecule has 0 nitrogen and oxygen atoms in total. The Labute approximate surface area is 103 Å². The van der Waals surface area contributed by atoms with Crippen LogP contribution in [0.5, 0.6) is 0 Å². The fourth-order valence-electron chi connectivity index (χ4n) is 3.98. The fourth-order valence-corrected chi connectivity index (χ4v) is 3.98. The van der Waals surface area contributed by atoms with Gasteiger partial charge in [0.05, 0.1) is 0 Å². The average molecular weight is 222 g/mol. The van der Waals surface area contributed by atoms with Crippen LogP contribution in [0.1, 0.15) is 48.3 Å². The highest BCUT2D eigenvalue weighted by atomic mass is 14.3. The van der Waals surface area contributed by atoms with E-state index in [4.69, 9.17) is 0 Å². The van der Waals surface area contributed by atoms with Gasteiger partial charge in [-0.1, -0.05) is 30.3 Å². The monoisotopic (exact) mass is 222 g/mol. The Bertz CT molecular complexity index is 578. The Kier molecular flexibility index (Phi) is 2.05. The molecule has 2 aliphatic carbocycles. The third-order valence-corrected chi connectivity index (χ3v) is 4.67. The van der Waals surface area contributed by atoms with E-state index in [0.29, 0.717) is 0 Å². The minimum atomic E-state index is 0.882. The Morgan fingerprint density at radius 2 is 1.76 bits per heavy atom. The highest BCUT2D eigenvalue weighted by Gasteiger charge is 2.27. The van der Waals surface area contributed by atoms with Crippen molar-refractivity contribution in [3.8, 4) is 0 Å². The average Bonchev–Trinajstić information content (AvgIpc) is 2.39. The zero-order valence-electron chi connectivity index (χ0n) is 10.2. The number of hydrogen-bond acceptors (Lipinski definition) is 0. The fraction of sp³-hybridized carbons (Fsp3) is 0.412. The number of rotatable bonds is 0. The summed E-state index contributed by atoms with van der Waals surface area (Å²) in [5.41, 5.74) is 5.10. The van der Waals surface area contributed by atoms with E-state index in [0.717, 1.165) is 5.92 Å². The van der Waals surface area contributed by atoms with Crippen molar-refractivity contribution in [1.82, 2.24) is 0 Å². The lowest BCUT2D eigenvalue weighted by atomic mass is 9.72. The summed E-state index contributed by atoms with van der Waals surface area (Å²) < 4.78 is 0. The molecule has 4 rings (SSSR count). The van der Waals surface area contributed by atoms with Gasteiger partial charge in [0.15, 0.2) is 0 Å². The Morgan fingerprint density at radius 1 is 0.941 bits per heavy atom. The van der Waals surface area contributed by atoms with Gasteiger partial charge in [0.1, 0.15) is 0 Å². The van der Waals surface area contributed by atoms with Gasteiger partial charge in [0, 0.05) is 0 Å². The van der Waals surface area contributed by atoms with Gasteiger partial charge in [-0.25, -0.2) is 0 Å². The molecule has 2 aromatic rings. The van der Waals surface area contributed by atoms with Crippen LogP contribution in [-0.2, 0) is 12.8 Å². The molecular weight excluding hydrogens is 204 g/mol. The van der Waals surface area contributed by atoms with Gasteiger partial charge in [-0.05, 0) is 71.9 Å². The molecule has 0 fully saturated rings. The molecule has 0 amide bonds. The maximum Gasteiger partial charge on any atom is -0.0149 e. The lowest BCUT2D eigenvalue weighted by molar-refractivity contribution is 0.478. The Hall–Kier alpha value is -1.30. The summed E-state index contributed by atoms with van der Waals surface area (Å²) in [6, 6.07) is 11.4. The molecule has 0 radical (unpaired) electrons. The van der Waals surface area contributed by atoms with Gasteiger partial charge in [-0.2, -0.15) is 0 Å². The van der Waals surface area contributed by atoms with Crippen LogP contribution >= 0.6 is 0 Å². The largest absolute Gasteiger partial charge is 0.0616 e. The van der Waals surface area contributed by atoms with Gasteiger partial charge in [-0.3, -0.25) is 0 Å². The van der Waals surface area contributed by atoms with Crippen molar-refractivity contribution < 1.29 is 0 Å². The van der Waals surface area contributed by atoms with E-state index in [-0.39, 0.29) is 0 Å². The molecule has 0 aliphatic heterocycles. The molecule has 2 aliphatic rings. The summed E-state index contributed by atoms with van der Waals surface area (Å²) in [5, 5.41) is 2.99. The summed E-state index contributed by atoms with van der Waals surface area (Å²) in [7, 11) is 0. The lowest BCUT2D eigenvalue weighted by Crippen LogP contribution is -2.17. The first-order chi connectivity index (χ1) is 8.43. The van der Waals surface area contributed by atoms with Crippen molar-refractivity contribution in [2.24, 2.45) is 0 Å². The predicted molar refractivity (Wildman–Crippen MR) is 72.6 cm³/mol. The minimum Gasteiger partial charge on any atom is -0.0616 e. The third-order valence-electron chi connectivity index (χ3n) is 4.67. The van der Waals surface area contributed by atoms with E-state index >= 15 is 0 Å². The van der Waals surface area contributed by atoms with Crippen molar-refractivity contribution in [2.75, 3.05) is 0 Å². The lowest BCUT2D eigenvalue weighted by Gasteiger charge is -2.33. The van der Waals surface area contributed by atoms with E-state index in [9.17, 15) is 0 Å². The molecule has 0 N–H and O–H groups in total. The molecule has 0 aromatic heterocycles. The van der Waals surface area contributed by atoms with Crippen molar-refractivity contribution in [3.63, 3.8) is 0 Å². The number of aryl methyl sites for hydroxylation is 2. The molecule has 0 saturated heterocycles. The molecule has 86 valence electrons. The van der Waals surface area contributed by atoms with Crippen LogP contribution in [0.4, 0.5) is 0 Å². The molecule has 1 atom stereocenters. The van der Waals surface area contributed by atoms with E-state index in [1.165, 1.54) is 49.3 Å². The SMILES string of the molecule is c1ccc2c3c4c(cc2c1)CCCC4CCC3. The molecule has 0 spiro atoms. The smallest absolute Gasteiger partial charge is 0.0149 e. The normalized spacial score (nSPS) is 22.5. The second kappa shape index (κ2) is 3.60. The number of benzene rings is 2. The summed E-state index contributed by atoms with van der Waals surface area (Å²) in [4.78, 5) is 0. The quantitative estimate of drug-likeness (QED) is 0.611. The van der Waals surface area contributed by atoms with Crippen molar-refractivity contribution in [3.05, 3.63) is 47.0 Å². The molecule has 0 heterocycles. The van der Waals surface area contributed by atoms with Crippen LogP contribution < -0.4 is 0 Å². The molecule has 2 aromatic carbocycles. The van der Waals surface area contributed by atoms with Crippen LogP contribution in [0.25, 0.3) is 10.8 Å². The van der Waals surface area contributed by atoms with Crippen LogP contribution in [0.3, 0.4) is 0 Å². The number of fused-ring (bicyclic) bond motifs is 2. The van der Waals surface area contributed by atoms with Crippen LogP contribution in [0, 0.1) is 0 Å². The van der Waals surface area contributed by atoms with Gasteiger partial charge in [0.2, 0.25) is 0 Å². The standard InChI is InChI=1S/C17H18/c1-2-9-15-13(5-1)11-14-8-3-6-12-7-4-10-16(15)17(12)14/h1-2,5,9,11-12H,3-4,6-8,10H2. The van der Waals surface area contributed by atoms with E-state index < -0.39 is 0 Å². The molecule has 1 unspecified atom stereocenters. The zero-order chi connectivity index (χ0) is 11.2. The first-order valence-corrected chi connectivity index (χ1v) is 6.97. The zero-order valence-corrected chi connectivity index (χ0v) is 10.2. The summed E-state index contributed by atoms with van der Waals surface area (Å²) in [6.07, 6.45) is 8.26. The van der Waals surface area contributed by atoms with Crippen LogP contribution in [-0.4, -0.2) is 0 Å². The van der Waals surface area contributed by atoms with Crippen molar-refractivity contribution >= 4 is 10.8 Å². The van der Waals surface area contributed by atoms with Crippen molar-refractivity contribution in [2.45, 2.75) is 44.4 Å². The second-order valence-electron chi connectivity index (χ2n) is 5.63. The number of hydrogen-bond donors (Lipinski definition) is 0. The first kappa shape index (κ1) is 9.70. The molecule has 0 bridgehead atoms. The predicted octanol–water partition coefficient (Wildman–Crippen LogP) is 4.60. The topological polar surface area (TPSA) is 0 Å². The molecular formula is C17H18. The Morgan fingerprint density at radius 3 is 2.71 bits per heavy atom. The molecule has 17 heavy (non-hydrogen) atoms.